The zero-order valence-electron chi connectivity index (χ0n) is 22.1. The maximum Gasteiger partial charge on any atom is 0.160 e. The molecule has 0 amide bonds. The highest BCUT2D eigenvalue weighted by Gasteiger charge is 2.23. The molecular formula is C28H39N5O3. The summed E-state index contributed by atoms with van der Waals surface area (Å²) in [6, 6.07) is 5.89. The van der Waals surface area contributed by atoms with Crippen LogP contribution in [0.15, 0.2) is 22.7 Å². The van der Waals surface area contributed by atoms with Gasteiger partial charge in [-0.1, -0.05) is 37.3 Å². The number of ether oxygens (including phenoxy) is 1. The number of aromatic nitrogens is 3. The van der Waals surface area contributed by atoms with E-state index in [2.05, 4.69) is 22.7 Å². The number of hydrogen-bond acceptors (Lipinski definition) is 8. The number of hydrogen-bond donors (Lipinski definition) is 3. The summed E-state index contributed by atoms with van der Waals surface area (Å²) in [5.41, 5.74) is 6.58. The van der Waals surface area contributed by atoms with Crippen molar-refractivity contribution in [3.05, 3.63) is 40.9 Å². The standard InChI is InChI=1S/C28H39N5O3/c1-17-25(11-20-9-7-6-8-10-20)31-28(32-27(17)26-18(2)33-36-19(26)3)21-12-22(30-5)14-24(13-21)35-16-23(34)15-29-4/h12-14,20,23,29-30,34H,6-11,15-16H2,1-5H3. The van der Waals surface area contributed by atoms with Gasteiger partial charge in [0, 0.05) is 36.6 Å². The summed E-state index contributed by atoms with van der Waals surface area (Å²) >= 11 is 0. The van der Waals surface area contributed by atoms with Crippen molar-refractivity contribution in [3.8, 4) is 28.4 Å². The molecule has 1 saturated carbocycles. The number of anilines is 1. The van der Waals surface area contributed by atoms with Crippen LogP contribution in [0.4, 0.5) is 5.69 Å². The SMILES string of the molecule is CNCC(O)COc1cc(NC)cc(-c2nc(CC3CCCCC3)c(C)c(-c3c(C)noc3C)n2)c1. The lowest BCUT2D eigenvalue weighted by molar-refractivity contribution is 0.108. The molecule has 3 N–H and O–H groups in total. The number of aliphatic hydroxyl groups is 1. The molecule has 1 fully saturated rings. The third-order valence-corrected chi connectivity index (χ3v) is 7.06. The van der Waals surface area contributed by atoms with E-state index in [1.807, 2.05) is 39.1 Å². The van der Waals surface area contributed by atoms with E-state index in [9.17, 15) is 5.11 Å². The summed E-state index contributed by atoms with van der Waals surface area (Å²) in [5.74, 6) is 2.72. The van der Waals surface area contributed by atoms with Gasteiger partial charge in [0.25, 0.3) is 0 Å². The minimum absolute atomic E-state index is 0.194. The van der Waals surface area contributed by atoms with Gasteiger partial charge in [0.05, 0.1) is 17.0 Å². The molecule has 1 unspecified atom stereocenters. The lowest BCUT2D eigenvalue weighted by atomic mass is 9.85. The van der Waals surface area contributed by atoms with E-state index in [0.29, 0.717) is 24.0 Å². The minimum atomic E-state index is -0.597. The van der Waals surface area contributed by atoms with Gasteiger partial charge in [0.2, 0.25) is 0 Å². The van der Waals surface area contributed by atoms with Crippen molar-refractivity contribution in [2.45, 2.75) is 65.4 Å². The van der Waals surface area contributed by atoms with Crippen molar-refractivity contribution in [1.29, 1.82) is 0 Å². The molecule has 1 atom stereocenters. The minimum Gasteiger partial charge on any atom is -0.491 e. The molecule has 1 aliphatic rings. The second kappa shape index (κ2) is 11.8. The van der Waals surface area contributed by atoms with Gasteiger partial charge in [0.15, 0.2) is 5.82 Å². The first-order valence-electron chi connectivity index (χ1n) is 13.0. The van der Waals surface area contributed by atoms with Crippen LogP contribution < -0.4 is 15.4 Å². The summed E-state index contributed by atoms with van der Waals surface area (Å²) in [5, 5.41) is 20.5. The van der Waals surface area contributed by atoms with Crippen LogP contribution in [0.1, 0.15) is 54.8 Å². The van der Waals surface area contributed by atoms with Crippen molar-refractivity contribution in [3.63, 3.8) is 0 Å². The molecule has 3 aromatic rings. The summed E-state index contributed by atoms with van der Waals surface area (Å²) in [7, 11) is 3.68. The number of nitrogens with one attached hydrogen (secondary N) is 2. The highest BCUT2D eigenvalue weighted by Crippen LogP contribution is 2.35. The van der Waals surface area contributed by atoms with Gasteiger partial charge in [-0.15, -0.1) is 0 Å². The Bertz CT molecular complexity index is 1150. The van der Waals surface area contributed by atoms with Gasteiger partial charge in [-0.25, -0.2) is 9.97 Å². The van der Waals surface area contributed by atoms with Crippen molar-refractivity contribution < 1.29 is 14.4 Å². The third kappa shape index (κ3) is 6.05. The number of aryl methyl sites for hydroxylation is 2. The van der Waals surface area contributed by atoms with E-state index < -0.39 is 6.10 Å². The quantitative estimate of drug-likeness (QED) is 0.368. The summed E-state index contributed by atoms with van der Waals surface area (Å²) in [6.45, 7) is 6.66. The topological polar surface area (TPSA) is 105 Å². The van der Waals surface area contributed by atoms with E-state index in [-0.39, 0.29) is 6.61 Å². The first-order chi connectivity index (χ1) is 17.4. The Balaban J connectivity index is 1.77. The smallest absolute Gasteiger partial charge is 0.160 e. The van der Waals surface area contributed by atoms with E-state index in [1.54, 1.807) is 7.05 Å². The first-order valence-corrected chi connectivity index (χ1v) is 13.0. The van der Waals surface area contributed by atoms with Crippen LogP contribution in [-0.4, -0.2) is 53.6 Å². The predicted octanol–water partition coefficient (Wildman–Crippen LogP) is 4.85. The Morgan fingerprint density at radius 1 is 1.08 bits per heavy atom. The fourth-order valence-corrected chi connectivity index (χ4v) is 5.06. The molecule has 0 bridgehead atoms. The lowest BCUT2D eigenvalue weighted by Crippen LogP contribution is -2.29. The van der Waals surface area contributed by atoms with E-state index >= 15 is 0 Å². The van der Waals surface area contributed by atoms with Gasteiger partial charge in [0.1, 0.15) is 24.2 Å². The number of rotatable bonds is 10. The van der Waals surface area contributed by atoms with Gasteiger partial charge < -0.3 is 25.0 Å². The average Bonchev–Trinajstić information content (AvgIpc) is 3.22. The highest BCUT2D eigenvalue weighted by atomic mass is 16.5. The summed E-state index contributed by atoms with van der Waals surface area (Å²) in [4.78, 5) is 10.2. The van der Waals surface area contributed by atoms with Crippen LogP contribution in [0, 0.1) is 26.7 Å². The fraction of sp³-hybridized carbons (Fsp3) is 0.536. The summed E-state index contributed by atoms with van der Waals surface area (Å²) < 4.78 is 11.4. The normalized spacial score (nSPS) is 15.2. The monoisotopic (exact) mass is 493 g/mol. The summed E-state index contributed by atoms with van der Waals surface area (Å²) in [6.07, 6.45) is 6.77. The Hall–Kier alpha value is -2.97. The van der Waals surface area contributed by atoms with Gasteiger partial charge in [-0.3, -0.25) is 0 Å². The molecule has 2 aromatic heterocycles. The average molecular weight is 494 g/mol. The van der Waals surface area contributed by atoms with Crippen LogP contribution in [-0.2, 0) is 6.42 Å². The van der Waals surface area contributed by atoms with Crippen LogP contribution in [0.3, 0.4) is 0 Å². The molecule has 0 aliphatic heterocycles. The van der Waals surface area contributed by atoms with Crippen LogP contribution >= 0.6 is 0 Å². The van der Waals surface area contributed by atoms with E-state index in [4.69, 9.17) is 19.2 Å². The predicted molar refractivity (Wildman–Crippen MR) is 142 cm³/mol. The molecule has 0 radical (unpaired) electrons. The largest absolute Gasteiger partial charge is 0.491 e. The number of aliphatic hydroxyl groups excluding tert-OH is 1. The number of benzene rings is 1. The Kier molecular flexibility index (Phi) is 8.59. The third-order valence-electron chi connectivity index (χ3n) is 7.06. The molecule has 0 spiro atoms. The highest BCUT2D eigenvalue weighted by molar-refractivity contribution is 5.72. The molecule has 1 aliphatic carbocycles. The second-order valence-electron chi connectivity index (χ2n) is 9.89. The zero-order valence-corrected chi connectivity index (χ0v) is 22.1. The lowest BCUT2D eigenvalue weighted by Gasteiger charge is -2.23. The molecule has 4 rings (SSSR count). The van der Waals surface area contributed by atoms with Crippen LogP contribution in [0.25, 0.3) is 22.6 Å². The molecule has 194 valence electrons. The van der Waals surface area contributed by atoms with Gasteiger partial charge in [-0.2, -0.15) is 0 Å². The molecular weight excluding hydrogens is 454 g/mol. The van der Waals surface area contributed by atoms with Crippen LogP contribution in [0.5, 0.6) is 5.75 Å². The van der Waals surface area contributed by atoms with Crippen molar-refractivity contribution in [2.75, 3.05) is 32.6 Å². The molecule has 2 heterocycles. The van der Waals surface area contributed by atoms with Crippen molar-refractivity contribution >= 4 is 5.69 Å². The van der Waals surface area contributed by atoms with Gasteiger partial charge in [-0.05, 0) is 57.9 Å². The Morgan fingerprint density at radius 2 is 1.86 bits per heavy atom. The van der Waals surface area contributed by atoms with Crippen molar-refractivity contribution in [1.82, 2.24) is 20.4 Å². The first kappa shape index (κ1) is 26.1. The van der Waals surface area contributed by atoms with E-state index in [0.717, 1.165) is 51.6 Å². The van der Waals surface area contributed by atoms with Gasteiger partial charge >= 0.3 is 0 Å². The maximum atomic E-state index is 10.1. The Labute approximate surface area is 213 Å². The second-order valence-corrected chi connectivity index (χ2v) is 9.89. The molecule has 36 heavy (non-hydrogen) atoms. The number of nitrogens with zero attached hydrogens (tertiary/aromatic N) is 3. The Morgan fingerprint density at radius 3 is 2.53 bits per heavy atom. The molecule has 0 saturated heterocycles. The maximum absolute atomic E-state index is 10.1. The van der Waals surface area contributed by atoms with Crippen molar-refractivity contribution in [2.24, 2.45) is 5.92 Å². The molecule has 8 nitrogen and oxygen atoms in total. The number of likely N-dealkylation sites (N-methyl/N-ethyl adjacent to an activating group) is 1. The molecule has 8 heteroatoms. The zero-order chi connectivity index (χ0) is 25.7. The molecule has 1 aromatic carbocycles. The van der Waals surface area contributed by atoms with E-state index in [1.165, 1.54) is 32.1 Å². The van der Waals surface area contributed by atoms with Crippen LogP contribution in [0.2, 0.25) is 0 Å². The fourth-order valence-electron chi connectivity index (χ4n) is 5.06.